The van der Waals surface area contributed by atoms with Crippen LogP contribution in [0.5, 0.6) is 5.75 Å². The Labute approximate surface area is 101 Å². The quantitative estimate of drug-likeness (QED) is 0.754. The molecule has 1 aromatic heterocycles. The third kappa shape index (κ3) is 2.75. The molecule has 0 N–H and O–H groups in total. The van der Waals surface area contributed by atoms with E-state index >= 15 is 0 Å². The number of rotatable bonds is 4. The molecule has 0 fully saturated rings. The summed E-state index contributed by atoms with van der Waals surface area (Å²) in [4.78, 5) is 11.8. The molecule has 88 valence electrons. The van der Waals surface area contributed by atoms with Gasteiger partial charge in [-0.25, -0.2) is 0 Å². The van der Waals surface area contributed by atoms with E-state index in [0.29, 0.717) is 5.56 Å². The van der Waals surface area contributed by atoms with E-state index in [1.807, 2.05) is 49.0 Å². The Morgan fingerprint density at radius 2 is 2.06 bits per heavy atom. The molecule has 0 atom stereocenters. The number of nitrogens with zero attached hydrogens (tertiary/aromatic N) is 1. The van der Waals surface area contributed by atoms with Crippen molar-refractivity contribution < 1.29 is 9.53 Å². The van der Waals surface area contributed by atoms with Crippen molar-refractivity contribution in [2.45, 2.75) is 6.92 Å². The molecule has 2 aromatic rings. The van der Waals surface area contributed by atoms with Gasteiger partial charge < -0.3 is 9.30 Å². The predicted molar refractivity (Wildman–Crippen MR) is 66.4 cm³/mol. The highest BCUT2D eigenvalue weighted by atomic mass is 16.5. The van der Waals surface area contributed by atoms with E-state index < -0.39 is 0 Å². The minimum absolute atomic E-state index is 0.00569. The van der Waals surface area contributed by atoms with Crippen molar-refractivity contribution in [1.29, 1.82) is 0 Å². The van der Waals surface area contributed by atoms with Crippen molar-refractivity contribution in [1.82, 2.24) is 4.57 Å². The summed E-state index contributed by atoms with van der Waals surface area (Å²) in [6.07, 6.45) is 3.64. The number of ether oxygens (including phenoxy) is 1. The number of aromatic nitrogens is 1. The number of carbonyl (C=O) groups excluding carboxylic acids is 1. The Balaban J connectivity index is 1.99. The van der Waals surface area contributed by atoms with Gasteiger partial charge in [0.15, 0.2) is 6.61 Å². The van der Waals surface area contributed by atoms with Gasteiger partial charge in [0.05, 0.1) is 0 Å². The van der Waals surface area contributed by atoms with Crippen LogP contribution in [0.25, 0.3) is 0 Å². The molecule has 0 aliphatic heterocycles. The van der Waals surface area contributed by atoms with Crippen LogP contribution in [-0.2, 0) is 7.05 Å². The monoisotopic (exact) mass is 229 g/mol. The van der Waals surface area contributed by atoms with Gasteiger partial charge in [0.25, 0.3) is 0 Å². The Bertz CT molecular complexity index is 529. The first-order valence-corrected chi connectivity index (χ1v) is 5.50. The predicted octanol–water partition coefficient (Wildman–Crippen LogP) is 2.60. The zero-order chi connectivity index (χ0) is 12.3. The highest BCUT2D eigenvalue weighted by Crippen LogP contribution is 2.16. The standard InChI is InChI=1S/C14H15NO2/c1-11-5-3-4-6-14(11)17-10-13(16)12-7-8-15(2)9-12/h3-9H,10H2,1-2H3. The number of para-hydroxylation sites is 1. The largest absolute Gasteiger partial charge is 0.485 e. The first kappa shape index (κ1) is 11.5. The van der Waals surface area contributed by atoms with Crippen LogP contribution in [0.2, 0.25) is 0 Å². The van der Waals surface area contributed by atoms with Gasteiger partial charge in [-0.2, -0.15) is 0 Å². The fourth-order valence-corrected chi connectivity index (χ4v) is 1.61. The molecule has 1 aromatic carbocycles. The summed E-state index contributed by atoms with van der Waals surface area (Å²) in [7, 11) is 1.89. The molecule has 0 bridgehead atoms. The molecule has 0 aliphatic rings. The molecule has 0 radical (unpaired) electrons. The number of aryl methyl sites for hydroxylation is 2. The average Bonchev–Trinajstić information content (AvgIpc) is 2.74. The smallest absolute Gasteiger partial charge is 0.201 e. The molecule has 0 unspecified atom stereocenters. The number of benzene rings is 1. The first-order valence-electron chi connectivity index (χ1n) is 5.50. The number of hydrogen-bond donors (Lipinski definition) is 0. The highest BCUT2D eigenvalue weighted by Gasteiger charge is 2.08. The van der Waals surface area contributed by atoms with E-state index in [2.05, 4.69) is 0 Å². The molecule has 0 saturated heterocycles. The molecule has 0 spiro atoms. The number of Topliss-reactive ketones (excluding diaryl/α,β-unsaturated/α-hetero) is 1. The molecule has 0 aliphatic carbocycles. The van der Waals surface area contributed by atoms with Gasteiger partial charge in [0.2, 0.25) is 5.78 Å². The summed E-state index contributed by atoms with van der Waals surface area (Å²) in [5.74, 6) is 0.755. The fourth-order valence-electron chi connectivity index (χ4n) is 1.61. The van der Waals surface area contributed by atoms with Gasteiger partial charge >= 0.3 is 0 Å². The Kier molecular flexibility index (Phi) is 3.28. The molecule has 2 rings (SSSR count). The minimum Gasteiger partial charge on any atom is -0.485 e. The number of carbonyl (C=O) groups is 1. The maximum atomic E-state index is 11.8. The van der Waals surface area contributed by atoms with Gasteiger partial charge in [0.1, 0.15) is 5.75 Å². The summed E-state index contributed by atoms with van der Waals surface area (Å²) in [6, 6.07) is 9.47. The lowest BCUT2D eigenvalue weighted by Crippen LogP contribution is -2.11. The highest BCUT2D eigenvalue weighted by molar-refractivity contribution is 5.97. The van der Waals surface area contributed by atoms with E-state index in [1.54, 1.807) is 12.3 Å². The van der Waals surface area contributed by atoms with Gasteiger partial charge in [0, 0.05) is 25.0 Å². The summed E-state index contributed by atoms with van der Waals surface area (Å²) >= 11 is 0. The lowest BCUT2D eigenvalue weighted by atomic mass is 10.2. The molecule has 0 amide bonds. The van der Waals surface area contributed by atoms with Crippen molar-refractivity contribution in [3.05, 3.63) is 53.9 Å². The van der Waals surface area contributed by atoms with Crippen molar-refractivity contribution in [3.63, 3.8) is 0 Å². The summed E-state index contributed by atoms with van der Waals surface area (Å²) in [5, 5.41) is 0. The van der Waals surface area contributed by atoms with Gasteiger partial charge in [-0.15, -0.1) is 0 Å². The maximum Gasteiger partial charge on any atom is 0.201 e. The van der Waals surface area contributed by atoms with Crippen LogP contribution in [0.3, 0.4) is 0 Å². The zero-order valence-corrected chi connectivity index (χ0v) is 10.0. The molecule has 17 heavy (non-hydrogen) atoms. The topological polar surface area (TPSA) is 31.2 Å². The lowest BCUT2D eigenvalue weighted by molar-refractivity contribution is 0.0921. The van der Waals surface area contributed by atoms with Crippen LogP contribution in [0.1, 0.15) is 15.9 Å². The van der Waals surface area contributed by atoms with Crippen molar-refractivity contribution in [2.24, 2.45) is 7.05 Å². The van der Waals surface area contributed by atoms with E-state index in [-0.39, 0.29) is 12.4 Å². The van der Waals surface area contributed by atoms with Crippen LogP contribution in [-0.4, -0.2) is 17.0 Å². The number of hydrogen-bond acceptors (Lipinski definition) is 2. The Morgan fingerprint density at radius 3 is 2.71 bits per heavy atom. The molecule has 3 nitrogen and oxygen atoms in total. The van der Waals surface area contributed by atoms with E-state index in [9.17, 15) is 4.79 Å². The lowest BCUT2D eigenvalue weighted by Gasteiger charge is -2.07. The molecule has 3 heteroatoms. The van der Waals surface area contributed by atoms with Crippen LogP contribution in [0, 0.1) is 6.92 Å². The second-order valence-corrected chi connectivity index (χ2v) is 4.04. The third-order valence-corrected chi connectivity index (χ3v) is 2.61. The second kappa shape index (κ2) is 4.87. The molecule has 1 heterocycles. The van der Waals surface area contributed by atoms with Crippen molar-refractivity contribution in [2.75, 3.05) is 6.61 Å². The zero-order valence-electron chi connectivity index (χ0n) is 10.0. The van der Waals surface area contributed by atoms with Crippen molar-refractivity contribution >= 4 is 5.78 Å². The van der Waals surface area contributed by atoms with Crippen LogP contribution >= 0.6 is 0 Å². The molecule has 0 saturated carbocycles. The minimum atomic E-state index is -0.00569. The fraction of sp³-hybridized carbons (Fsp3) is 0.214. The molecular formula is C14H15NO2. The van der Waals surface area contributed by atoms with Gasteiger partial charge in [-0.1, -0.05) is 18.2 Å². The Morgan fingerprint density at radius 1 is 1.29 bits per heavy atom. The summed E-state index contributed by atoms with van der Waals surface area (Å²) in [5.41, 5.74) is 1.72. The third-order valence-electron chi connectivity index (χ3n) is 2.61. The first-order chi connectivity index (χ1) is 8.16. The van der Waals surface area contributed by atoms with Crippen LogP contribution < -0.4 is 4.74 Å². The van der Waals surface area contributed by atoms with Crippen LogP contribution in [0.4, 0.5) is 0 Å². The SMILES string of the molecule is Cc1ccccc1OCC(=O)c1ccn(C)c1. The van der Waals surface area contributed by atoms with E-state index in [4.69, 9.17) is 4.74 Å². The normalized spacial score (nSPS) is 10.2. The van der Waals surface area contributed by atoms with Crippen LogP contribution in [0.15, 0.2) is 42.7 Å². The maximum absolute atomic E-state index is 11.8. The average molecular weight is 229 g/mol. The number of ketones is 1. The van der Waals surface area contributed by atoms with E-state index in [1.165, 1.54) is 0 Å². The second-order valence-electron chi connectivity index (χ2n) is 4.04. The summed E-state index contributed by atoms with van der Waals surface area (Å²) < 4.78 is 7.35. The van der Waals surface area contributed by atoms with Gasteiger partial charge in [-0.3, -0.25) is 4.79 Å². The van der Waals surface area contributed by atoms with Crippen molar-refractivity contribution in [3.8, 4) is 5.75 Å². The summed E-state index contributed by atoms with van der Waals surface area (Å²) in [6.45, 7) is 2.04. The Hall–Kier alpha value is -2.03. The van der Waals surface area contributed by atoms with E-state index in [0.717, 1.165) is 11.3 Å². The van der Waals surface area contributed by atoms with Gasteiger partial charge in [-0.05, 0) is 24.6 Å². The molecular weight excluding hydrogens is 214 g/mol.